The quantitative estimate of drug-likeness (QED) is 0.455. The van der Waals surface area contributed by atoms with Gasteiger partial charge in [0.15, 0.2) is 0 Å². The molecule has 0 aliphatic carbocycles. The van der Waals surface area contributed by atoms with Crippen LogP contribution < -0.4 is 5.32 Å². The van der Waals surface area contributed by atoms with Gasteiger partial charge in [-0.3, -0.25) is 0 Å². The van der Waals surface area contributed by atoms with E-state index in [4.69, 9.17) is 4.74 Å². The highest BCUT2D eigenvalue weighted by Crippen LogP contribution is 2.24. The molecule has 0 aromatic heterocycles. The van der Waals surface area contributed by atoms with Gasteiger partial charge in [0.1, 0.15) is 0 Å². The number of ether oxygens (including phenoxy) is 1. The smallest absolute Gasteiger partial charge is 0.0897 e. The van der Waals surface area contributed by atoms with Crippen molar-refractivity contribution in [1.29, 1.82) is 0 Å². The molecule has 0 bridgehead atoms. The van der Waals surface area contributed by atoms with Gasteiger partial charge in [-0.1, -0.05) is 27.7 Å². The van der Waals surface area contributed by atoms with Crippen molar-refractivity contribution in [2.24, 2.45) is 11.3 Å². The summed E-state index contributed by atoms with van der Waals surface area (Å²) in [6.45, 7) is 11.1. The first-order valence-electron chi connectivity index (χ1n) is 8.07. The van der Waals surface area contributed by atoms with E-state index in [9.17, 15) is 10.2 Å². The Bertz CT molecular complexity index is 210. The average Bonchev–Trinajstić information content (AvgIpc) is 2.43. The summed E-state index contributed by atoms with van der Waals surface area (Å²) in [6.07, 6.45) is 3.63. The van der Waals surface area contributed by atoms with E-state index in [1.165, 1.54) is 6.42 Å². The number of aliphatic hydroxyl groups is 2. The molecule has 4 nitrogen and oxygen atoms in total. The summed E-state index contributed by atoms with van der Waals surface area (Å²) >= 11 is 0. The number of nitrogens with one attached hydrogen (secondary N) is 1. The van der Waals surface area contributed by atoms with Gasteiger partial charge in [-0.25, -0.2) is 0 Å². The molecule has 122 valence electrons. The molecule has 0 heterocycles. The Morgan fingerprint density at radius 3 is 2.35 bits per heavy atom. The zero-order valence-electron chi connectivity index (χ0n) is 13.8. The van der Waals surface area contributed by atoms with Crippen LogP contribution in [-0.4, -0.2) is 49.2 Å². The minimum atomic E-state index is -0.473. The van der Waals surface area contributed by atoms with Crippen LogP contribution in [0.2, 0.25) is 0 Å². The molecule has 20 heavy (non-hydrogen) atoms. The molecule has 0 saturated heterocycles. The molecule has 0 aliphatic rings. The Hall–Kier alpha value is -0.160. The summed E-state index contributed by atoms with van der Waals surface area (Å²) in [7, 11) is 0. The van der Waals surface area contributed by atoms with Gasteiger partial charge in [-0.05, 0) is 31.6 Å². The molecule has 0 rings (SSSR count). The van der Waals surface area contributed by atoms with Crippen LogP contribution >= 0.6 is 0 Å². The second-order valence-corrected chi connectivity index (χ2v) is 6.26. The second kappa shape index (κ2) is 11.5. The van der Waals surface area contributed by atoms with Gasteiger partial charge in [-0.2, -0.15) is 0 Å². The standard InChI is InChI=1S/C16H35NO3/c1-5-16(6-2,13-18)12-17-10-15(19)11-20-9-7-8-14(3)4/h14-15,17-19H,5-13H2,1-4H3. The molecule has 0 fully saturated rings. The summed E-state index contributed by atoms with van der Waals surface area (Å²) in [4.78, 5) is 0. The van der Waals surface area contributed by atoms with Gasteiger partial charge in [0.05, 0.1) is 12.7 Å². The lowest BCUT2D eigenvalue weighted by Crippen LogP contribution is -2.40. The Morgan fingerprint density at radius 2 is 1.85 bits per heavy atom. The van der Waals surface area contributed by atoms with Crippen molar-refractivity contribution in [1.82, 2.24) is 5.32 Å². The minimum Gasteiger partial charge on any atom is -0.396 e. The molecule has 0 saturated carbocycles. The van der Waals surface area contributed by atoms with Crippen LogP contribution in [0.5, 0.6) is 0 Å². The molecule has 1 atom stereocenters. The third-order valence-corrected chi connectivity index (χ3v) is 4.10. The molecule has 0 radical (unpaired) electrons. The lowest BCUT2D eigenvalue weighted by molar-refractivity contribution is 0.0312. The predicted molar refractivity (Wildman–Crippen MR) is 83.9 cm³/mol. The summed E-state index contributed by atoms with van der Waals surface area (Å²) in [6, 6.07) is 0. The SMILES string of the molecule is CCC(CC)(CO)CNCC(O)COCCCC(C)C. The summed E-state index contributed by atoms with van der Waals surface area (Å²) in [5, 5.41) is 22.5. The normalized spacial score (nSPS) is 13.9. The summed E-state index contributed by atoms with van der Waals surface area (Å²) in [5.41, 5.74) is -0.0577. The third-order valence-electron chi connectivity index (χ3n) is 4.10. The van der Waals surface area contributed by atoms with Crippen LogP contribution in [0, 0.1) is 11.3 Å². The molecule has 4 heteroatoms. The van der Waals surface area contributed by atoms with E-state index >= 15 is 0 Å². The van der Waals surface area contributed by atoms with E-state index in [0.29, 0.717) is 19.1 Å². The zero-order valence-corrected chi connectivity index (χ0v) is 13.8. The Labute approximate surface area is 124 Å². The van der Waals surface area contributed by atoms with E-state index in [-0.39, 0.29) is 12.0 Å². The van der Waals surface area contributed by atoms with Crippen molar-refractivity contribution in [3.8, 4) is 0 Å². The van der Waals surface area contributed by atoms with Crippen molar-refractivity contribution in [3.05, 3.63) is 0 Å². The molecule has 3 N–H and O–H groups in total. The maximum Gasteiger partial charge on any atom is 0.0897 e. The van der Waals surface area contributed by atoms with Gasteiger partial charge in [0, 0.05) is 31.7 Å². The Morgan fingerprint density at radius 1 is 1.20 bits per heavy atom. The van der Waals surface area contributed by atoms with Gasteiger partial charge in [0.2, 0.25) is 0 Å². The van der Waals surface area contributed by atoms with Gasteiger partial charge in [0.25, 0.3) is 0 Å². The lowest BCUT2D eigenvalue weighted by Gasteiger charge is -2.30. The maximum absolute atomic E-state index is 9.82. The lowest BCUT2D eigenvalue weighted by atomic mass is 9.83. The van der Waals surface area contributed by atoms with E-state index in [2.05, 4.69) is 33.0 Å². The van der Waals surface area contributed by atoms with E-state index < -0.39 is 6.10 Å². The van der Waals surface area contributed by atoms with Crippen LogP contribution in [0.15, 0.2) is 0 Å². The zero-order chi connectivity index (χ0) is 15.4. The van der Waals surface area contributed by atoms with E-state index in [1.807, 2.05) is 0 Å². The molecular formula is C16H35NO3. The van der Waals surface area contributed by atoms with Gasteiger partial charge in [-0.15, -0.1) is 0 Å². The highest BCUT2D eigenvalue weighted by atomic mass is 16.5. The first-order valence-corrected chi connectivity index (χ1v) is 8.07. The number of aliphatic hydroxyl groups excluding tert-OH is 2. The molecule has 0 amide bonds. The Kier molecular flexibility index (Phi) is 11.4. The average molecular weight is 289 g/mol. The molecule has 0 aliphatic heterocycles. The highest BCUT2D eigenvalue weighted by Gasteiger charge is 2.24. The maximum atomic E-state index is 9.82. The molecular weight excluding hydrogens is 254 g/mol. The molecule has 1 unspecified atom stereocenters. The van der Waals surface area contributed by atoms with Crippen LogP contribution in [0.4, 0.5) is 0 Å². The van der Waals surface area contributed by atoms with Crippen molar-refractivity contribution in [2.75, 3.05) is 32.9 Å². The van der Waals surface area contributed by atoms with Crippen molar-refractivity contribution in [3.63, 3.8) is 0 Å². The number of rotatable bonds is 13. The van der Waals surface area contributed by atoms with E-state index in [1.54, 1.807) is 0 Å². The summed E-state index contributed by atoms with van der Waals surface area (Å²) < 4.78 is 5.47. The van der Waals surface area contributed by atoms with Crippen LogP contribution in [-0.2, 0) is 4.74 Å². The fraction of sp³-hybridized carbons (Fsp3) is 1.00. The van der Waals surface area contributed by atoms with Crippen LogP contribution in [0.3, 0.4) is 0 Å². The monoisotopic (exact) mass is 289 g/mol. The van der Waals surface area contributed by atoms with Gasteiger partial charge < -0.3 is 20.3 Å². The van der Waals surface area contributed by atoms with Gasteiger partial charge >= 0.3 is 0 Å². The highest BCUT2D eigenvalue weighted by molar-refractivity contribution is 4.78. The third kappa shape index (κ3) is 8.90. The largest absolute Gasteiger partial charge is 0.396 e. The predicted octanol–water partition coefficient (Wildman–Crippen LogP) is 2.19. The minimum absolute atomic E-state index is 0.0577. The fourth-order valence-electron chi connectivity index (χ4n) is 2.16. The molecule has 0 aromatic rings. The summed E-state index contributed by atoms with van der Waals surface area (Å²) in [5.74, 6) is 0.708. The van der Waals surface area contributed by atoms with Crippen molar-refractivity contribution in [2.45, 2.75) is 59.5 Å². The molecule has 0 aromatic carbocycles. The van der Waals surface area contributed by atoms with Crippen molar-refractivity contribution < 1.29 is 14.9 Å². The first kappa shape index (κ1) is 19.8. The molecule has 0 spiro atoms. The fourth-order valence-corrected chi connectivity index (χ4v) is 2.16. The Balaban J connectivity index is 3.64. The van der Waals surface area contributed by atoms with Crippen LogP contribution in [0.1, 0.15) is 53.4 Å². The first-order chi connectivity index (χ1) is 9.49. The van der Waals surface area contributed by atoms with Crippen molar-refractivity contribution >= 4 is 0 Å². The van der Waals surface area contributed by atoms with Crippen LogP contribution in [0.25, 0.3) is 0 Å². The topological polar surface area (TPSA) is 61.7 Å². The number of hydrogen-bond acceptors (Lipinski definition) is 4. The number of hydrogen-bond donors (Lipinski definition) is 3. The van der Waals surface area contributed by atoms with E-state index in [0.717, 1.165) is 32.4 Å². The second-order valence-electron chi connectivity index (χ2n) is 6.26.